The van der Waals surface area contributed by atoms with Crippen LogP contribution < -0.4 is 10.6 Å². The number of benzene rings is 1. The predicted molar refractivity (Wildman–Crippen MR) is 51.0 cm³/mol. The smallest absolute Gasteiger partial charge is 0.145 e. The Bertz CT molecular complexity index is 274. The molecule has 1 N–H and O–H groups in total. The molecule has 0 heterocycles. The van der Waals surface area contributed by atoms with Crippen molar-refractivity contribution in [2.75, 3.05) is 11.7 Å². The molecule has 0 unspecified atom stereocenters. The van der Waals surface area contributed by atoms with Crippen molar-refractivity contribution in [2.45, 2.75) is 6.92 Å². The topological polar surface area (TPSA) is 55.4 Å². The van der Waals surface area contributed by atoms with Gasteiger partial charge >= 0.3 is 0 Å². The molecule has 0 saturated heterocycles. The number of para-hydroxylation sites is 1. The number of hydrazine groups is 1. The lowest BCUT2D eigenvalue weighted by Gasteiger charge is -2.30. The van der Waals surface area contributed by atoms with E-state index in [1.165, 1.54) is 6.92 Å². The maximum absolute atomic E-state index is 11.2. The summed E-state index contributed by atoms with van der Waals surface area (Å²) in [6, 6.07) is 8.67. The first kappa shape index (κ1) is 9.70. The molecule has 0 atom stereocenters. The average Bonchev–Trinajstić information content (AvgIpc) is 2.15. The average molecular weight is 179 g/mol. The van der Waals surface area contributed by atoms with Gasteiger partial charge in [0.2, 0.25) is 0 Å². The minimum absolute atomic E-state index is 0.0540. The van der Waals surface area contributed by atoms with Crippen LogP contribution in [-0.2, 0) is 4.79 Å². The van der Waals surface area contributed by atoms with Gasteiger partial charge < -0.3 is 10.4 Å². The van der Waals surface area contributed by atoms with Crippen LogP contribution >= 0.6 is 0 Å². The fraction of sp³-hybridized carbons (Fsp3) is 0.222. The Labute approximate surface area is 76.7 Å². The standard InChI is InChI=1S/C9H11N2O2/c1-8(12)7-10-11(13)9-5-3-2-4-6-9/h2-6,10H,7H2,1H3/q-1. The predicted octanol–water partition coefficient (Wildman–Crippen LogP) is 1.08. The van der Waals surface area contributed by atoms with Gasteiger partial charge in [0.25, 0.3) is 0 Å². The molecule has 0 bridgehead atoms. The van der Waals surface area contributed by atoms with Crippen molar-refractivity contribution in [3.05, 3.63) is 35.5 Å². The van der Waals surface area contributed by atoms with Gasteiger partial charge in [-0.2, -0.15) is 0 Å². The maximum Gasteiger partial charge on any atom is 0.145 e. The van der Waals surface area contributed by atoms with Crippen LogP contribution in [0.5, 0.6) is 0 Å². The summed E-state index contributed by atoms with van der Waals surface area (Å²) in [4.78, 5) is 10.6. The largest absolute Gasteiger partial charge is 0.743 e. The Hall–Kier alpha value is -1.39. The Balaban J connectivity index is 2.49. The zero-order chi connectivity index (χ0) is 9.68. The van der Waals surface area contributed by atoms with E-state index in [9.17, 15) is 10.0 Å². The van der Waals surface area contributed by atoms with E-state index in [1.54, 1.807) is 24.3 Å². The van der Waals surface area contributed by atoms with E-state index in [0.29, 0.717) is 10.9 Å². The lowest BCUT2D eigenvalue weighted by molar-refractivity contribution is -0.116. The van der Waals surface area contributed by atoms with Gasteiger partial charge in [0, 0.05) is 5.69 Å². The molecule has 0 radical (unpaired) electrons. The summed E-state index contributed by atoms with van der Waals surface area (Å²) in [6.45, 7) is 1.48. The number of rotatable bonds is 4. The molecule has 13 heavy (non-hydrogen) atoms. The van der Waals surface area contributed by atoms with Gasteiger partial charge in [0.15, 0.2) is 0 Å². The third-order valence-corrected chi connectivity index (χ3v) is 1.46. The van der Waals surface area contributed by atoms with Crippen LogP contribution in [0.3, 0.4) is 0 Å². The number of carbonyl (C=O) groups excluding carboxylic acids is 1. The molecule has 4 heteroatoms. The number of carbonyl (C=O) groups is 1. The zero-order valence-corrected chi connectivity index (χ0v) is 7.36. The lowest BCUT2D eigenvalue weighted by atomic mass is 10.3. The number of hydrogen-bond acceptors (Lipinski definition) is 4. The number of nitrogens with zero attached hydrogens (tertiary/aromatic N) is 1. The van der Waals surface area contributed by atoms with Gasteiger partial charge in [-0.3, -0.25) is 4.79 Å². The van der Waals surface area contributed by atoms with Crippen molar-refractivity contribution in [1.82, 2.24) is 5.43 Å². The minimum atomic E-state index is -0.0724. The summed E-state index contributed by atoms with van der Waals surface area (Å²) in [7, 11) is 0. The summed E-state index contributed by atoms with van der Waals surface area (Å²) in [5, 5.41) is 11.8. The highest BCUT2D eigenvalue weighted by atomic mass is 16.5. The third-order valence-electron chi connectivity index (χ3n) is 1.46. The summed E-state index contributed by atoms with van der Waals surface area (Å²) >= 11 is 0. The fourth-order valence-electron chi connectivity index (χ4n) is 0.838. The molecule has 0 spiro atoms. The third kappa shape index (κ3) is 3.23. The van der Waals surface area contributed by atoms with Gasteiger partial charge in [-0.25, -0.2) is 5.43 Å². The summed E-state index contributed by atoms with van der Waals surface area (Å²) < 4.78 is 0. The molecule has 0 amide bonds. The molecular weight excluding hydrogens is 168 g/mol. The number of Topliss-reactive ketones (excluding diaryl/α,β-unsaturated/α-hetero) is 1. The number of ketones is 1. The van der Waals surface area contributed by atoms with E-state index in [4.69, 9.17) is 0 Å². The normalized spacial score (nSPS) is 9.69. The highest BCUT2D eigenvalue weighted by Crippen LogP contribution is 2.08. The molecule has 1 aromatic rings. The van der Waals surface area contributed by atoms with Crippen molar-refractivity contribution in [1.29, 1.82) is 0 Å². The highest BCUT2D eigenvalue weighted by Gasteiger charge is 1.94. The number of anilines is 1. The SMILES string of the molecule is CC(=O)CNN([O-])c1ccccc1. The van der Waals surface area contributed by atoms with Gasteiger partial charge in [0.1, 0.15) is 5.78 Å². The lowest BCUT2D eigenvalue weighted by Crippen LogP contribution is -2.36. The number of nitrogens with one attached hydrogen (secondary N) is 1. The van der Waals surface area contributed by atoms with Crippen LogP contribution in [0, 0.1) is 5.21 Å². The molecule has 0 aromatic heterocycles. The summed E-state index contributed by atoms with van der Waals surface area (Å²) in [5.41, 5.74) is 2.92. The monoisotopic (exact) mass is 179 g/mol. The van der Waals surface area contributed by atoms with Gasteiger partial charge in [0.05, 0.1) is 6.54 Å². The molecule has 0 aliphatic rings. The van der Waals surface area contributed by atoms with Crippen LogP contribution in [0.2, 0.25) is 0 Å². The molecule has 70 valence electrons. The van der Waals surface area contributed by atoms with Crippen LogP contribution in [0.15, 0.2) is 30.3 Å². The molecule has 1 rings (SSSR count). The van der Waals surface area contributed by atoms with E-state index in [-0.39, 0.29) is 12.3 Å². The molecule has 0 aliphatic carbocycles. The zero-order valence-electron chi connectivity index (χ0n) is 7.36. The van der Waals surface area contributed by atoms with Gasteiger partial charge in [-0.05, 0) is 19.1 Å². The second kappa shape index (κ2) is 4.59. The Morgan fingerprint density at radius 2 is 2.08 bits per heavy atom. The van der Waals surface area contributed by atoms with Crippen molar-refractivity contribution >= 4 is 11.5 Å². The van der Waals surface area contributed by atoms with Crippen LogP contribution in [-0.4, -0.2) is 12.3 Å². The maximum atomic E-state index is 11.2. The van der Waals surface area contributed by atoms with E-state index in [2.05, 4.69) is 5.43 Å². The van der Waals surface area contributed by atoms with E-state index >= 15 is 0 Å². The number of hydrogen-bond donors (Lipinski definition) is 1. The Morgan fingerprint density at radius 1 is 1.46 bits per heavy atom. The minimum Gasteiger partial charge on any atom is -0.743 e. The second-order valence-electron chi connectivity index (χ2n) is 2.67. The van der Waals surface area contributed by atoms with Crippen LogP contribution in [0.1, 0.15) is 6.92 Å². The quantitative estimate of drug-likeness (QED) is 0.703. The highest BCUT2D eigenvalue weighted by molar-refractivity contribution is 5.77. The van der Waals surface area contributed by atoms with Gasteiger partial charge in [-0.1, -0.05) is 18.2 Å². The fourth-order valence-corrected chi connectivity index (χ4v) is 0.838. The van der Waals surface area contributed by atoms with Crippen molar-refractivity contribution in [3.8, 4) is 0 Å². The van der Waals surface area contributed by atoms with Crippen LogP contribution in [0.25, 0.3) is 0 Å². The summed E-state index contributed by atoms with van der Waals surface area (Å²) in [6.07, 6.45) is 0. The van der Waals surface area contributed by atoms with Crippen LogP contribution in [0.4, 0.5) is 5.69 Å². The van der Waals surface area contributed by atoms with Crippen molar-refractivity contribution in [3.63, 3.8) is 0 Å². The first-order chi connectivity index (χ1) is 6.20. The Morgan fingerprint density at radius 3 is 2.62 bits per heavy atom. The molecule has 1 aromatic carbocycles. The molecule has 4 nitrogen and oxygen atoms in total. The molecular formula is C9H11N2O2-. The van der Waals surface area contributed by atoms with Crippen molar-refractivity contribution in [2.24, 2.45) is 0 Å². The first-order valence-corrected chi connectivity index (χ1v) is 3.95. The van der Waals surface area contributed by atoms with E-state index in [0.717, 1.165) is 0 Å². The molecule has 0 fully saturated rings. The van der Waals surface area contributed by atoms with E-state index in [1.807, 2.05) is 6.07 Å². The van der Waals surface area contributed by atoms with Gasteiger partial charge in [-0.15, -0.1) is 0 Å². The molecule has 0 saturated carbocycles. The van der Waals surface area contributed by atoms with E-state index < -0.39 is 0 Å². The Kier molecular flexibility index (Phi) is 3.42. The molecule has 0 aliphatic heterocycles. The summed E-state index contributed by atoms with van der Waals surface area (Å²) in [5.74, 6) is -0.0724. The van der Waals surface area contributed by atoms with Crippen molar-refractivity contribution < 1.29 is 4.79 Å². The second-order valence-corrected chi connectivity index (χ2v) is 2.67. The first-order valence-electron chi connectivity index (χ1n) is 3.95.